The number of nitrogens with zero attached hydrogens (tertiary/aromatic N) is 1. The van der Waals surface area contributed by atoms with Crippen LogP contribution in [0.15, 0.2) is 23.6 Å². The Labute approximate surface area is 108 Å². The second-order valence-corrected chi connectivity index (χ2v) is 5.28. The fraction of sp³-hybridized carbons (Fsp3) is 0.250. The highest BCUT2D eigenvalue weighted by Crippen LogP contribution is 2.24. The summed E-state index contributed by atoms with van der Waals surface area (Å²) in [6, 6.07) is 4.55. The van der Waals surface area contributed by atoms with Gasteiger partial charge in [0.05, 0.1) is 22.4 Å². The van der Waals surface area contributed by atoms with Crippen molar-refractivity contribution in [2.24, 2.45) is 0 Å². The Hall–Kier alpha value is -1.13. The fourth-order valence-corrected chi connectivity index (χ4v) is 2.36. The molecule has 0 spiro atoms. The van der Waals surface area contributed by atoms with E-state index in [1.54, 1.807) is 23.5 Å². The van der Waals surface area contributed by atoms with Gasteiger partial charge in [0.2, 0.25) is 0 Å². The first-order valence-electron chi connectivity index (χ1n) is 5.20. The van der Waals surface area contributed by atoms with Gasteiger partial charge in [0, 0.05) is 10.4 Å². The minimum atomic E-state index is -0.351. The molecule has 0 radical (unpaired) electrons. The summed E-state index contributed by atoms with van der Waals surface area (Å²) < 4.78 is 13.6. The lowest BCUT2D eigenvalue weighted by Crippen LogP contribution is -2.08. The Kier molecular flexibility index (Phi) is 3.64. The van der Waals surface area contributed by atoms with Gasteiger partial charge in [0.1, 0.15) is 5.82 Å². The molecule has 0 fully saturated rings. The third-order valence-electron chi connectivity index (χ3n) is 2.38. The molecule has 1 N–H and O–H groups in total. The average Bonchev–Trinajstić information content (AvgIpc) is 2.69. The van der Waals surface area contributed by atoms with E-state index in [0.29, 0.717) is 10.7 Å². The SMILES string of the molecule is Cc1nc(C(C)Nc2ccc(Cl)cc2F)cs1. The number of aromatic nitrogens is 1. The van der Waals surface area contributed by atoms with Crippen LogP contribution in [0.4, 0.5) is 10.1 Å². The molecule has 2 rings (SSSR count). The quantitative estimate of drug-likeness (QED) is 0.893. The summed E-state index contributed by atoms with van der Waals surface area (Å²) in [7, 11) is 0. The summed E-state index contributed by atoms with van der Waals surface area (Å²) in [5, 5.41) is 6.45. The van der Waals surface area contributed by atoms with Gasteiger partial charge in [-0.3, -0.25) is 0 Å². The van der Waals surface area contributed by atoms with E-state index in [2.05, 4.69) is 10.3 Å². The van der Waals surface area contributed by atoms with E-state index in [-0.39, 0.29) is 11.9 Å². The van der Waals surface area contributed by atoms with Crippen LogP contribution in [0.3, 0.4) is 0 Å². The summed E-state index contributed by atoms with van der Waals surface area (Å²) in [6.07, 6.45) is 0. The molecule has 0 saturated heterocycles. The van der Waals surface area contributed by atoms with Crippen LogP contribution in [-0.2, 0) is 0 Å². The zero-order valence-electron chi connectivity index (χ0n) is 9.50. The van der Waals surface area contributed by atoms with E-state index in [9.17, 15) is 4.39 Å². The van der Waals surface area contributed by atoms with Crippen molar-refractivity contribution in [2.45, 2.75) is 19.9 Å². The lowest BCUT2D eigenvalue weighted by Gasteiger charge is -2.13. The number of nitrogens with one attached hydrogen (secondary N) is 1. The molecule has 0 aliphatic heterocycles. The summed E-state index contributed by atoms with van der Waals surface area (Å²) in [6.45, 7) is 3.90. The predicted octanol–water partition coefficient (Wildman–Crippen LogP) is 4.42. The first-order chi connectivity index (χ1) is 8.06. The Morgan fingerprint density at radius 3 is 2.82 bits per heavy atom. The molecule has 2 aromatic rings. The van der Waals surface area contributed by atoms with Crippen molar-refractivity contribution >= 4 is 28.6 Å². The monoisotopic (exact) mass is 270 g/mol. The van der Waals surface area contributed by atoms with Crippen molar-refractivity contribution in [1.82, 2.24) is 4.98 Å². The van der Waals surface area contributed by atoms with Crippen molar-refractivity contribution in [3.05, 3.63) is 45.1 Å². The Morgan fingerprint density at radius 2 is 2.24 bits per heavy atom. The van der Waals surface area contributed by atoms with Gasteiger partial charge in [-0.1, -0.05) is 11.6 Å². The first kappa shape index (κ1) is 12.3. The maximum atomic E-state index is 13.6. The second-order valence-electron chi connectivity index (χ2n) is 3.78. The maximum absolute atomic E-state index is 13.6. The number of benzene rings is 1. The van der Waals surface area contributed by atoms with E-state index < -0.39 is 0 Å². The molecule has 1 atom stereocenters. The van der Waals surface area contributed by atoms with Crippen molar-refractivity contribution in [3.8, 4) is 0 Å². The van der Waals surface area contributed by atoms with Gasteiger partial charge in [0.15, 0.2) is 0 Å². The molecule has 0 aliphatic rings. The Balaban J connectivity index is 2.15. The molecule has 5 heteroatoms. The number of anilines is 1. The van der Waals surface area contributed by atoms with Crippen molar-refractivity contribution in [2.75, 3.05) is 5.32 Å². The van der Waals surface area contributed by atoms with Crippen LogP contribution in [0.25, 0.3) is 0 Å². The summed E-state index contributed by atoms with van der Waals surface area (Å²) in [5.74, 6) is -0.351. The molecule has 1 unspecified atom stereocenters. The van der Waals surface area contributed by atoms with Crippen LogP contribution in [0, 0.1) is 12.7 Å². The smallest absolute Gasteiger partial charge is 0.147 e. The normalized spacial score (nSPS) is 12.5. The molecule has 0 amide bonds. The highest BCUT2D eigenvalue weighted by atomic mass is 35.5. The zero-order chi connectivity index (χ0) is 12.4. The van der Waals surface area contributed by atoms with Crippen molar-refractivity contribution in [1.29, 1.82) is 0 Å². The number of thiazole rings is 1. The van der Waals surface area contributed by atoms with Crippen LogP contribution in [-0.4, -0.2) is 4.98 Å². The molecule has 1 aromatic carbocycles. The second kappa shape index (κ2) is 5.02. The van der Waals surface area contributed by atoms with Gasteiger partial charge < -0.3 is 5.32 Å². The first-order valence-corrected chi connectivity index (χ1v) is 6.45. The minimum absolute atomic E-state index is 0.0318. The van der Waals surface area contributed by atoms with Crippen LogP contribution < -0.4 is 5.32 Å². The molecule has 90 valence electrons. The molecule has 2 nitrogen and oxygen atoms in total. The number of aryl methyl sites for hydroxylation is 1. The van der Waals surface area contributed by atoms with Crippen LogP contribution >= 0.6 is 22.9 Å². The third-order valence-corrected chi connectivity index (χ3v) is 3.41. The van der Waals surface area contributed by atoms with E-state index in [0.717, 1.165) is 10.7 Å². The number of halogens is 2. The van der Waals surface area contributed by atoms with Crippen molar-refractivity contribution in [3.63, 3.8) is 0 Å². The standard InChI is InChI=1S/C12H12ClFN2S/c1-7(12-6-17-8(2)16-12)15-11-4-3-9(13)5-10(11)14/h3-7,15H,1-2H3. The summed E-state index contributed by atoms with van der Waals surface area (Å²) in [4.78, 5) is 4.36. The van der Waals surface area contributed by atoms with Crippen molar-refractivity contribution < 1.29 is 4.39 Å². The largest absolute Gasteiger partial charge is 0.375 e. The van der Waals surface area contributed by atoms with E-state index in [4.69, 9.17) is 11.6 Å². The lowest BCUT2D eigenvalue weighted by atomic mass is 10.2. The summed E-state index contributed by atoms with van der Waals surface area (Å²) in [5.41, 5.74) is 1.36. The van der Waals surface area contributed by atoms with E-state index >= 15 is 0 Å². The Bertz CT molecular complexity index is 527. The van der Waals surface area contributed by atoms with E-state index in [1.807, 2.05) is 19.2 Å². The molecule has 1 heterocycles. The van der Waals surface area contributed by atoms with Crippen LogP contribution in [0.5, 0.6) is 0 Å². The van der Waals surface area contributed by atoms with Gasteiger partial charge in [-0.15, -0.1) is 11.3 Å². The predicted molar refractivity (Wildman–Crippen MR) is 70.3 cm³/mol. The van der Waals surface area contributed by atoms with E-state index in [1.165, 1.54) is 6.07 Å². The fourth-order valence-electron chi connectivity index (χ4n) is 1.49. The zero-order valence-corrected chi connectivity index (χ0v) is 11.1. The Morgan fingerprint density at radius 1 is 1.47 bits per heavy atom. The topological polar surface area (TPSA) is 24.9 Å². The van der Waals surface area contributed by atoms with Gasteiger partial charge in [-0.05, 0) is 32.0 Å². The van der Waals surface area contributed by atoms with Gasteiger partial charge >= 0.3 is 0 Å². The molecule has 17 heavy (non-hydrogen) atoms. The molecule has 0 saturated carbocycles. The molecule has 0 bridgehead atoms. The average molecular weight is 271 g/mol. The molecule has 1 aromatic heterocycles. The van der Waals surface area contributed by atoms with Gasteiger partial charge in [0.25, 0.3) is 0 Å². The molecular formula is C12H12ClFN2S. The third kappa shape index (κ3) is 2.96. The molecular weight excluding hydrogens is 259 g/mol. The summed E-state index contributed by atoms with van der Waals surface area (Å²) >= 11 is 7.28. The van der Waals surface area contributed by atoms with Crippen LogP contribution in [0.2, 0.25) is 5.02 Å². The van der Waals surface area contributed by atoms with Crippen LogP contribution in [0.1, 0.15) is 23.7 Å². The van der Waals surface area contributed by atoms with Gasteiger partial charge in [-0.25, -0.2) is 9.37 Å². The minimum Gasteiger partial charge on any atom is -0.375 e. The number of hydrogen-bond acceptors (Lipinski definition) is 3. The highest BCUT2D eigenvalue weighted by molar-refractivity contribution is 7.09. The molecule has 0 aliphatic carbocycles. The maximum Gasteiger partial charge on any atom is 0.147 e. The van der Waals surface area contributed by atoms with Gasteiger partial charge in [-0.2, -0.15) is 0 Å². The number of rotatable bonds is 3. The highest BCUT2D eigenvalue weighted by Gasteiger charge is 2.11. The number of hydrogen-bond donors (Lipinski definition) is 1. The lowest BCUT2D eigenvalue weighted by molar-refractivity contribution is 0.627.